The second-order valence-corrected chi connectivity index (χ2v) is 5.59. The van der Waals surface area contributed by atoms with Crippen LogP contribution in [0, 0.1) is 22.7 Å². The van der Waals surface area contributed by atoms with E-state index in [2.05, 4.69) is 18.7 Å². The molecular formula is C18H22ClN3. The van der Waals surface area contributed by atoms with E-state index >= 15 is 0 Å². The topological polar surface area (TPSA) is 50.8 Å². The molecule has 0 fully saturated rings. The summed E-state index contributed by atoms with van der Waals surface area (Å²) < 4.78 is 0. The highest BCUT2D eigenvalue weighted by Crippen LogP contribution is 2.26. The number of benzene rings is 1. The zero-order chi connectivity index (χ0) is 16.4. The lowest BCUT2D eigenvalue weighted by molar-refractivity contribution is 0.678. The molecule has 0 unspecified atom stereocenters. The van der Waals surface area contributed by atoms with Gasteiger partial charge in [0.2, 0.25) is 0 Å². The summed E-state index contributed by atoms with van der Waals surface area (Å²) in [4.78, 5) is 2.35. The number of unbranched alkanes of at least 4 members (excludes halogenated alkanes) is 2. The Labute approximate surface area is 138 Å². The zero-order valence-corrected chi connectivity index (χ0v) is 14.0. The van der Waals surface area contributed by atoms with Crippen LogP contribution in [-0.4, -0.2) is 13.1 Å². The summed E-state index contributed by atoms with van der Waals surface area (Å²) >= 11 is 6.31. The van der Waals surface area contributed by atoms with Crippen LogP contribution >= 0.6 is 11.6 Å². The van der Waals surface area contributed by atoms with E-state index in [-0.39, 0.29) is 5.57 Å². The van der Waals surface area contributed by atoms with Crippen LogP contribution in [0.3, 0.4) is 0 Å². The zero-order valence-electron chi connectivity index (χ0n) is 13.3. The number of hydrogen-bond donors (Lipinski definition) is 0. The molecule has 1 aromatic carbocycles. The Kier molecular flexibility index (Phi) is 8.11. The molecule has 4 heteroatoms. The molecular weight excluding hydrogens is 294 g/mol. The van der Waals surface area contributed by atoms with Gasteiger partial charge in [0.05, 0.1) is 0 Å². The molecule has 0 aliphatic rings. The summed E-state index contributed by atoms with van der Waals surface area (Å²) in [5, 5.41) is 18.2. The van der Waals surface area contributed by atoms with Crippen LogP contribution in [0.2, 0.25) is 5.02 Å². The molecule has 0 N–H and O–H groups in total. The molecule has 0 saturated carbocycles. The lowest BCUT2D eigenvalue weighted by Crippen LogP contribution is -2.25. The van der Waals surface area contributed by atoms with Crippen molar-refractivity contribution in [2.45, 2.75) is 39.5 Å². The molecule has 0 bridgehead atoms. The lowest BCUT2D eigenvalue weighted by Gasteiger charge is -2.25. The van der Waals surface area contributed by atoms with Gasteiger partial charge in [-0.05, 0) is 36.6 Å². The van der Waals surface area contributed by atoms with Crippen LogP contribution in [0.4, 0.5) is 5.69 Å². The molecule has 1 rings (SSSR count). The van der Waals surface area contributed by atoms with Gasteiger partial charge < -0.3 is 4.90 Å². The molecule has 0 saturated heterocycles. The number of anilines is 1. The van der Waals surface area contributed by atoms with E-state index in [0.29, 0.717) is 10.6 Å². The van der Waals surface area contributed by atoms with E-state index in [4.69, 9.17) is 22.1 Å². The molecule has 0 aromatic heterocycles. The van der Waals surface area contributed by atoms with Gasteiger partial charge in [-0.3, -0.25) is 0 Å². The third-order valence-corrected chi connectivity index (χ3v) is 3.78. The smallest absolute Gasteiger partial charge is 0.130 e. The average Bonchev–Trinajstić information content (AvgIpc) is 2.54. The highest BCUT2D eigenvalue weighted by molar-refractivity contribution is 6.32. The molecule has 22 heavy (non-hydrogen) atoms. The van der Waals surface area contributed by atoms with E-state index in [0.717, 1.165) is 44.5 Å². The fourth-order valence-corrected chi connectivity index (χ4v) is 2.37. The SMILES string of the molecule is CCCCN(CCCC)c1ccc(C=C(C#N)C#N)c(Cl)c1. The van der Waals surface area contributed by atoms with E-state index in [1.807, 2.05) is 30.3 Å². The van der Waals surface area contributed by atoms with Crippen molar-refractivity contribution >= 4 is 23.4 Å². The Morgan fingerprint density at radius 3 is 2.18 bits per heavy atom. The van der Waals surface area contributed by atoms with Gasteiger partial charge in [-0.1, -0.05) is 44.4 Å². The van der Waals surface area contributed by atoms with Gasteiger partial charge in [-0.2, -0.15) is 10.5 Å². The first kappa shape index (κ1) is 18.1. The fourth-order valence-electron chi connectivity index (χ4n) is 2.14. The Hall–Kier alpha value is -1.97. The molecule has 0 aliphatic carbocycles. The third kappa shape index (κ3) is 5.43. The number of allylic oxidation sites excluding steroid dienone is 1. The van der Waals surface area contributed by atoms with Crippen LogP contribution in [-0.2, 0) is 0 Å². The number of rotatable bonds is 8. The molecule has 0 atom stereocenters. The summed E-state index contributed by atoms with van der Waals surface area (Å²) in [7, 11) is 0. The minimum atomic E-state index is 0.0588. The predicted molar refractivity (Wildman–Crippen MR) is 92.7 cm³/mol. The van der Waals surface area contributed by atoms with Gasteiger partial charge in [0.1, 0.15) is 17.7 Å². The molecule has 1 aromatic rings. The maximum atomic E-state index is 8.82. The highest BCUT2D eigenvalue weighted by Gasteiger charge is 2.08. The number of nitrogens with zero attached hydrogens (tertiary/aromatic N) is 3. The molecule has 116 valence electrons. The van der Waals surface area contributed by atoms with Crippen molar-refractivity contribution in [3.05, 3.63) is 34.4 Å². The van der Waals surface area contributed by atoms with Gasteiger partial charge in [-0.25, -0.2) is 0 Å². The van der Waals surface area contributed by atoms with Crippen LogP contribution < -0.4 is 4.90 Å². The van der Waals surface area contributed by atoms with E-state index in [9.17, 15) is 0 Å². The first-order valence-electron chi connectivity index (χ1n) is 7.72. The largest absolute Gasteiger partial charge is 0.371 e. The normalized spacial score (nSPS) is 9.68. The van der Waals surface area contributed by atoms with Crippen molar-refractivity contribution < 1.29 is 0 Å². The van der Waals surface area contributed by atoms with Gasteiger partial charge in [0.25, 0.3) is 0 Å². The summed E-state index contributed by atoms with van der Waals surface area (Å²) in [6, 6.07) is 9.51. The van der Waals surface area contributed by atoms with Crippen LogP contribution in [0.5, 0.6) is 0 Å². The summed E-state index contributed by atoms with van der Waals surface area (Å²) in [6.07, 6.45) is 6.14. The van der Waals surface area contributed by atoms with Crippen molar-refractivity contribution in [2.24, 2.45) is 0 Å². The highest BCUT2D eigenvalue weighted by atomic mass is 35.5. The van der Waals surface area contributed by atoms with Crippen molar-refractivity contribution in [1.29, 1.82) is 10.5 Å². The fraction of sp³-hybridized carbons (Fsp3) is 0.444. The lowest BCUT2D eigenvalue weighted by atomic mass is 10.1. The molecule has 0 aliphatic heterocycles. The first-order chi connectivity index (χ1) is 10.7. The summed E-state index contributed by atoms with van der Waals surface area (Å²) in [6.45, 7) is 6.40. The van der Waals surface area contributed by atoms with Crippen LogP contribution in [0.25, 0.3) is 6.08 Å². The molecule has 0 spiro atoms. The quantitative estimate of drug-likeness (QED) is 0.621. The molecule has 0 amide bonds. The summed E-state index contributed by atoms with van der Waals surface area (Å²) in [5.74, 6) is 0. The van der Waals surface area contributed by atoms with Crippen molar-refractivity contribution in [2.75, 3.05) is 18.0 Å². The standard InChI is InChI=1S/C18H22ClN3/c1-3-5-9-22(10-6-4-2)17-8-7-16(18(19)12-17)11-15(13-20)14-21/h7-8,11-12H,3-6,9-10H2,1-2H3. The number of nitriles is 2. The Balaban J connectivity index is 3.00. The third-order valence-electron chi connectivity index (χ3n) is 3.45. The second kappa shape index (κ2) is 9.87. The average molecular weight is 316 g/mol. The first-order valence-corrected chi connectivity index (χ1v) is 8.10. The van der Waals surface area contributed by atoms with E-state index in [1.54, 1.807) is 0 Å². The van der Waals surface area contributed by atoms with Gasteiger partial charge in [0.15, 0.2) is 0 Å². The van der Waals surface area contributed by atoms with E-state index < -0.39 is 0 Å². The van der Waals surface area contributed by atoms with Crippen LogP contribution in [0.1, 0.15) is 45.1 Å². The van der Waals surface area contributed by atoms with Gasteiger partial charge in [0, 0.05) is 23.8 Å². The Bertz CT molecular complexity index is 569. The minimum absolute atomic E-state index is 0.0588. The predicted octanol–water partition coefficient (Wildman–Crippen LogP) is 5.18. The minimum Gasteiger partial charge on any atom is -0.371 e. The molecule has 3 nitrogen and oxygen atoms in total. The van der Waals surface area contributed by atoms with Gasteiger partial charge >= 0.3 is 0 Å². The second-order valence-electron chi connectivity index (χ2n) is 5.18. The maximum absolute atomic E-state index is 8.82. The molecule has 0 radical (unpaired) electrons. The van der Waals surface area contributed by atoms with E-state index in [1.165, 1.54) is 6.08 Å². The summed E-state index contributed by atoms with van der Waals surface area (Å²) in [5.41, 5.74) is 1.86. The Morgan fingerprint density at radius 1 is 1.14 bits per heavy atom. The van der Waals surface area contributed by atoms with Crippen molar-refractivity contribution in [1.82, 2.24) is 0 Å². The maximum Gasteiger partial charge on any atom is 0.130 e. The van der Waals surface area contributed by atoms with Crippen molar-refractivity contribution in [3.8, 4) is 12.1 Å². The number of halogens is 1. The van der Waals surface area contributed by atoms with Crippen LogP contribution in [0.15, 0.2) is 23.8 Å². The Morgan fingerprint density at radius 2 is 1.73 bits per heavy atom. The molecule has 0 heterocycles. The monoisotopic (exact) mass is 315 g/mol. The van der Waals surface area contributed by atoms with Crippen molar-refractivity contribution in [3.63, 3.8) is 0 Å². The number of hydrogen-bond acceptors (Lipinski definition) is 3. The van der Waals surface area contributed by atoms with Gasteiger partial charge in [-0.15, -0.1) is 0 Å².